The van der Waals surface area contributed by atoms with Crippen LogP contribution in [0.15, 0.2) is 45.2 Å². The van der Waals surface area contributed by atoms with Gasteiger partial charge in [0.05, 0.1) is 16.6 Å². The summed E-state index contributed by atoms with van der Waals surface area (Å²) in [6.07, 6.45) is 4.24. The molecule has 1 saturated carbocycles. The standard InChI is InChI=1S/C20H18BrFN2O2/c21-12-8-10(4-7-13(12)22)17-18-14(2-1-3-16(18)25)23-15-9-24(11-5-6-11)20(26)19(15)17/h4,7-8,11,17,23H,1-3,5-6,9H2/t17-/m0/s1. The number of nitrogens with zero attached hydrogens (tertiary/aromatic N) is 1. The molecule has 0 spiro atoms. The zero-order valence-corrected chi connectivity index (χ0v) is 15.7. The molecule has 0 saturated heterocycles. The number of allylic oxidation sites excluding steroid dienone is 2. The van der Waals surface area contributed by atoms with Crippen LogP contribution in [0.2, 0.25) is 0 Å². The lowest BCUT2D eigenvalue weighted by molar-refractivity contribution is -0.126. The molecular weight excluding hydrogens is 399 g/mol. The molecule has 0 radical (unpaired) electrons. The van der Waals surface area contributed by atoms with Crippen LogP contribution in [0.1, 0.15) is 43.6 Å². The number of amides is 1. The minimum atomic E-state index is -0.401. The predicted molar refractivity (Wildman–Crippen MR) is 97.6 cm³/mol. The van der Waals surface area contributed by atoms with Gasteiger partial charge >= 0.3 is 0 Å². The van der Waals surface area contributed by atoms with Gasteiger partial charge < -0.3 is 10.2 Å². The third-order valence-corrected chi connectivity index (χ3v) is 6.35. The largest absolute Gasteiger partial charge is 0.360 e. The topological polar surface area (TPSA) is 49.4 Å². The second-order valence-electron chi connectivity index (χ2n) is 7.46. The summed E-state index contributed by atoms with van der Waals surface area (Å²) in [4.78, 5) is 27.8. The maximum absolute atomic E-state index is 13.8. The number of ketones is 1. The highest BCUT2D eigenvalue weighted by molar-refractivity contribution is 9.10. The van der Waals surface area contributed by atoms with Gasteiger partial charge in [0.15, 0.2) is 5.78 Å². The zero-order valence-electron chi connectivity index (χ0n) is 14.1. The number of Topliss-reactive ketones (excluding diaryl/α,β-unsaturated/α-hetero) is 1. The van der Waals surface area contributed by atoms with E-state index in [2.05, 4.69) is 21.2 Å². The molecule has 0 bridgehead atoms. The molecule has 1 atom stereocenters. The van der Waals surface area contributed by atoms with Gasteiger partial charge in [0.1, 0.15) is 5.82 Å². The normalized spacial score (nSPS) is 25.5. The third kappa shape index (κ3) is 2.38. The van der Waals surface area contributed by atoms with Crippen molar-refractivity contribution in [3.8, 4) is 0 Å². The van der Waals surface area contributed by atoms with Gasteiger partial charge in [0.2, 0.25) is 0 Å². The van der Waals surface area contributed by atoms with E-state index in [9.17, 15) is 14.0 Å². The number of hydrogen-bond acceptors (Lipinski definition) is 3. The molecule has 2 heterocycles. The number of halogens is 2. The summed E-state index contributed by atoms with van der Waals surface area (Å²) in [6.45, 7) is 0.586. The quantitative estimate of drug-likeness (QED) is 0.801. The van der Waals surface area contributed by atoms with Gasteiger partial charge in [-0.05, 0) is 59.3 Å². The molecule has 4 nitrogen and oxygen atoms in total. The molecule has 134 valence electrons. The average Bonchev–Trinajstić information content (AvgIpc) is 3.41. The highest BCUT2D eigenvalue weighted by Crippen LogP contribution is 2.47. The highest BCUT2D eigenvalue weighted by Gasteiger charge is 2.47. The van der Waals surface area contributed by atoms with Crippen LogP contribution in [-0.2, 0) is 9.59 Å². The average molecular weight is 417 g/mol. The van der Waals surface area contributed by atoms with Crippen LogP contribution in [0.25, 0.3) is 0 Å². The first-order valence-corrected chi connectivity index (χ1v) is 9.86. The van der Waals surface area contributed by atoms with Gasteiger partial charge in [-0.3, -0.25) is 9.59 Å². The number of nitrogens with one attached hydrogen (secondary N) is 1. The summed E-state index contributed by atoms with van der Waals surface area (Å²) in [5, 5.41) is 3.41. The molecule has 1 fully saturated rings. The van der Waals surface area contributed by atoms with Crippen molar-refractivity contribution in [2.75, 3.05) is 6.54 Å². The first-order chi connectivity index (χ1) is 12.5. The zero-order chi connectivity index (χ0) is 18.0. The number of hydrogen-bond donors (Lipinski definition) is 1. The molecule has 1 amide bonds. The van der Waals surface area contributed by atoms with Gasteiger partial charge in [-0.25, -0.2) is 4.39 Å². The molecule has 0 aromatic heterocycles. The summed E-state index contributed by atoms with van der Waals surface area (Å²) < 4.78 is 14.1. The third-order valence-electron chi connectivity index (χ3n) is 5.74. The van der Waals surface area contributed by atoms with Crippen molar-refractivity contribution in [3.05, 3.63) is 56.6 Å². The summed E-state index contributed by atoms with van der Waals surface area (Å²) >= 11 is 3.25. The Morgan fingerprint density at radius 1 is 1.12 bits per heavy atom. The lowest BCUT2D eigenvalue weighted by Crippen LogP contribution is -2.33. The van der Waals surface area contributed by atoms with Crippen molar-refractivity contribution in [1.82, 2.24) is 10.2 Å². The van der Waals surface area contributed by atoms with Gasteiger partial charge in [-0.1, -0.05) is 6.07 Å². The van der Waals surface area contributed by atoms with E-state index >= 15 is 0 Å². The molecule has 2 aliphatic heterocycles. The minimum Gasteiger partial charge on any atom is -0.360 e. The van der Waals surface area contributed by atoms with Crippen LogP contribution in [0.5, 0.6) is 0 Å². The first-order valence-electron chi connectivity index (χ1n) is 9.07. The van der Waals surface area contributed by atoms with E-state index in [1.54, 1.807) is 12.1 Å². The molecule has 5 rings (SSSR count). The van der Waals surface area contributed by atoms with E-state index in [1.165, 1.54) is 6.07 Å². The molecule has 0 unspecified atom stereocenters. The monoisotopic (exact) mass is 416 g/mol. The van der Waals surface area contributed by atoms with Gasteiger partial charge in [0, 0.05) is 35.3 Å². The molecule has 1 aromatic rings. The summed E-state index contributed by atoms with van der Waals surface area (Å²) in [5.41, 5.74) is 4.02. The Morgan fingerprint density at radius 2 is 1.92 bits per heavy atom. The molecule has 4 aliphatic rings. The van der Waals surface area contributed by atoms with Crippen LogP contribution in [0.3, 0.4) is 0 Å². The number of carbonyl (C=O) groups is 2. The van der Waals surface area contributed by atoms with Crippen molar-refractivity contribution in [2.45, 2.75) is 44.1 Å². The number of carbonyl (C=O) groups excluding carboxylic acids is 2. The number of dihydropyridines is 1. The second kappa shape index (κ2) is 5.78. The van der Waals surface area contributed by atoms with E-state index in [0.717, 1.165) is 42.6 Å². The summed E-state index contributed by atoms with van der Waals surface area (Å²) in [7, 11) is 0. The first kappa shape index (κ1) is 16.2. The fourth-order valence-electron chi connectivity index (χ4n) is 4.38. The van der Waals surface area contributed by atoms with E-state index in [-0.39, 0.29) is 17.5 Å². The smallest absolute Gasteiger partial charge is 0.253 e. The van der Waals surface area contributed by atoms with Crippen LogP contribution in [0.4, 0.5) is 4.39 Å². The van der Waals surface area contributed by atoms with Gasteiger partial charge in [0.25, 0.3) is 5.91 Å². The molecular formula is C20H18BrFN2O2. The summed E-state index contributed by atoms with van der Waals surface area (Å²) in [5.74, 6) is -0.639. The lowest BCUT2D eigenvalue weighted by Gasteiger charge is -2.32. The van der Waals surface area contributed by atoms with Crippen molar-refractivity contribution in [3.63, 3.8) is 0 Å². The summed E-state index contributed by atoms with van der Waals surface area (Å²) in [6, 6.07) is 5.12. The molecule has 1 N–H and O–H groups in total. The fraction of sp³-hybridized carbons (Fsp3) is 0.400. The Hall–Kier alpha value is -1.95. The maximum Gasteiger partial charge on any atom is 0.253 e. The minimum absolute atomic E-state index is 0.0189. The van der Waals surface area contributed by atoms with E-state index < -0.39 is 5.92 Å². The van der Waals surface area contributed by atoms with E-state index in [0.29, 0.717) is 34.6 Å². The number of rotatable bonds is 2. The molecule has 1 aromatic carbocycles. The highest BCUT2D eigenvalue weighted by atomic mass is 79.9. The van der Waals surface area contributed by atoms with Crippen molar-refractivity contribution < 1.29 is 14.0 Å². The van der Waals surface area contributed by atoms with Crippen LogP contribution in [0, 0.1) is 5.82 Å². The predicted octanol–water partition coefficient (Wildman–Crippen LogP) is 3.54. The van der Waals surface area contributed by atoms with E-state index in [4.69, 9.17) is 0 Å². The van der Waals surface area contributed by atoms with Crippen molar-refractivity contribution >= 4 is 27.6 Å². The van der Waals surface area contributed by atoms with Crippen LogP contribution >= 0.6 is 15.9 Å². The Labute approximate surface area is 159 Å². The maximum atomic E-state index is 13.8. The molecule has 6 heteroatoms. The Kier molecular flexibility index (Phi) is 3.61. The lowest BCUT2D eigenvalue weighted by atomic mass is 9.75. The molecule has 26 heavy (non-hydrogen) atoms. The van der Waals surface area contributed by atoms with Gasteiger partial charge in [-0.15, -0.1) is 0 Å². The Morgan fingerprint density at radius 3 is 2.65 bits per heavy atom. The second-order valence-corrected chi connectivity index (χ2v) is 8.31. The SMILES string of the molecule is O=C1CCCC2=C1[C@H](c1ccc(F)c(Br)c1)C1=C(CN(C3CC3)C1=O)N2. The number of benzene rings is 1. The van der Waals surface area contributed by atoms with Crippen LogP contribution in [-0.4, -0.2) is 29.2 Å². The van der Waals surface area contributed by atoms with Crippen LogP contribution < -0.4 is 5.32 Å². The van der Waals surface area contributed by atoms with Crippen molar-refractivity contribution in [2.24, 2.45) is 0 Å². The van der Waals surface area contributed by atoms with E-state index in [1.807, 2.05) is 4.90 Å². The Bertz CT molecular complexity index is 916. The molecule has 2 aliphatic carbocycles. The van der Waals surface area contributed by atoms with Crippen molar-refractivity contribution in [1.29, 1.82) is 0 Å². The Balaban J connectivity index is 1.65. The van der Waals surface area contributed by atoms with Gasteiger partial charge in [-0.2, -0.15) is 0 Å². The fourth-order valence-corrected chi connectivity index (χ4v) is 4.77.